The summed E-state index contributed by atoms with van der Waals surface area (Å²) in [6, 6.07) is 31.5. The lowest BCUT2D eigenvalue weighted by atomic mass is 10.0. The molecule has 0 unspecified atom stereocenters. The number of ether oxygens (including phenoxy) is 1. The normalized spacial score (nSPS) is 11.8. The van der Waals surface area contributed by atoms with Crippen LogP contribution >= 0.6 is 0 Å². The summed E-state index contributed by atoms with van der Waals surface area (Å²) in [5.41, 5.74) is 4.93. The molecule has 1 amide bonds. The van der Waals surface area contributed by atoms with E-state index < -0.39 is 6.04 Å². The quantitative estimate of drug-likeness (QED) is 0.221. The highest BCUT2D eigenvalue weighted by molar-refractivity contribution is 5.85. The van der Waals surface area contributed by atoms with Crippen molar-refractivity contribution >= 4 is 16.8 Å². The lowest BCUT2D eigenvalue weighted by Gasteiger charge is -2.20. The van der Waals surface area contributed by atoms with Crippen molar-refractivity contribution in [3.8, 4) is 5.75 Å². The number of aromatic amines is 1. The molecule has 0 fully saturated rings. The number of H-pyrrole nitrogens is 1. The average molecular weight is 557 g/mol. The number of amides is 1. The minimum atomic E-state index is -0.534. The van der Waals surface area contributed by atoms with Gasteiger partial charge in [-0.1, -0.05) is 66.7 Å². The van der Waals surface area contributed by atoms with Crippen LogP contribution in [0.5, 0.6) is 5.75 Å². The van der Waals surface area contributed by atoms with Crippen LogP contribution in [0.1, 0.15) is 40.1 Å². The molecule has 0 radical (unpaired) electrons. The predicted molar refractivity (Wildman–Crippen MR) is 162 cm³/mol. The van der Waals surface area contributed by atoms with Crippen molar-refractivity contribution in [2.75, 3.05) is 7.11 Å². The van der Waals surface area contributed by atoms with E-state index in [2.05, 4.69) is 43.1 Å². The highest BCUT2D eigenvalue weighted by Gasteiger charge is 2.27. The van der Waals surface area contributed by atoms with Crippen LogP contribution in [0, 0.1) is 0 Å². The number of nitrogens with zero attached hydrogens (tertiary/aromatic N) is 4. The number of nitrogens with one attached hydrogen (secondary N) is 2. The van der Waals surface area contributed by atoms with Gasteiger partial charge in [0.15, 0.2) is 5.82 Å². The number of aromatic nitrogens is 5. The number of hydrogen-bond acceptors (Lipinski definition) is 5. The molecule has 0 saturated carbocycles. The number of benzene rings is 3. The SMILES string of the molecule is COc1ccc(Cn2c(CCc3ccccc3)nnc2[C@H](NC(=O)Cc2ccccn2)c2c[nH]c3ccccc23)cc1. The molecule has 2 N–H and O–H groups in total. The van der Waals surface area contributed by atoms with Crippen LogP contribution in [-0.4, -0.2) is 37.7 Å². The molecule has 0 saturated heterocycles. The molecule has 210 valence electrons. The van der Waals surface area contributed by atoms with Crippen LogP contribution < -0.4 is 10.1 Å². The van der Waals surface area contributed by atoms with Crippen molar-refractivity contribution in [2.24, 2.45) is 0 Å². The van der Waals surface area contributed by atoms with E-state index in [-0.39, 0.29) is 12.3 Å². The molecule has 1 atom stereocenters. The molecule has 3 aromatic heterocycles. The monoisotopic (exact) mass is 556 g/mol. The zero-order chi connectivity index (χ0) is 28.7. The molecule has 42 heavy (non-hydrogen) atoms. The van der Waals surface area contributed by atoms with Gasteiger partial charge in [-0.3, -0.25) is 9.78 Å². The highest BCUT2D eigenvalue weighted by Crippen LogP contribution is 2.30. The van der Waals surface area contributed by atoms with Crippen LogP contribution in [0.4, 0.5) is 0 Å². The van der Waals surface area contributed by atoms with Gasteiger partial charge in [0.05, 0.1) is 20.1 Å². The summed E-state index contributed by atoms with van der Waals surface area (Å²) in [4.78, 5) is 21.2. The number of aryl methyl sites for hydroxylation is 2. The molecule has 0 bridgehead atoms. The van der Waals surface area contributed by atoms with Crippen molar-refractivity contribution in [3.05, 3.63) is 143 Å². The molecule has 3 aromatic carbocycles. The Labute approximate surface area is 244 Å². The van der Waals surface area contributed by atoms with Crippen molar-refractivity contribution in [2.45, 2.75) is 31.8 Å². The Bertz CT molecular complexity index is 1760. The van der Waals surface area contributed by atoms with Crippen molar-refractivity contribution in [3.63, 3.8) is 0 Å². The van der Waals surface area contributed by atoms with Gasteiger partial charge in [0, 0.05) is 41.0 Å². The summed E-state index contributed by atoms with van der Waals surface area (Å²) in [6.45, 7) is 0.547. The second kappa shape index (κ2) is 12.5. The number of carbonyl (C=O) groups excluding carboxylic acids is 1. The molecule has 8 nitrogen and oxygen atoms in total. The summed E-state index contributed by atoms with van der Waals surface area (Å²) in [5, 5.41) is 13.7. The van der Waals surface area contributed by atoms with E-state index in [4.69, 9.17) is 9.84 Å². The van der Waals surface area contributed by atoms with Gasteiger partial charge in [0.25, 0.3) is 0 Å². The van der Waals surface area contributed by atoms with Gasteiger partial charge >= 0.3 is 0 Å². The van der Waals surface area contributed by atoms with E-state index in [1.807, 2.05) is 85.1 Å². The molecule has 8 heteroatoms. The maximum absolute atomic E-state index is 13.5. The fraction of sp³-hybridized carbons (Fsp3) is 0.176. The van der Waals surface area contributed by atoms with Gasteiger partial charge in [0.1, 0.15) is 17.6 Å². The fourth-order valence-corrected chi connectivity index (χ4v) is 5.23. The number of carbonyl (C=O) groups is 1. The Morgan fingerprint density at radius 2 is 1.67 bits per heavy atom. The van der Waals surface area contributed by atoms with Gasteiger partial charge in [-0.15, -0.1) is 10.2 Å². The van der Waals surface area contributed by atoms with Crippen LogP contribution in [-0.2, 0) is 30.6 Å². The Morgan fingerprint density at radius 3 is 2.45 bits per heavy atom. The third-order valence-corrected chi connectivity index (χ3v) is 7.40. The van der Waals surface area contributed by atoms with E-state index >= 15 is 0 Å². The van der Waals surface area contributed by atoms with Gasteiger partial charge < -0.3 is 19.6 Å². The first-order valence-corrected chi connectivity index (χ1v) is 14.0. The molecule has 0 aliphatic heterocycles. The van der Waals surface area contributed by atoms with E-state index in [1.54, 1.807) is 13.3 Å². The second-order valence-corrected chi connectivity index (χ2v) is 10.2. The largest absolute Gasteiger partial charge is 0.497 e. The standard InChI is InChI=1S/C34H32N6O2/c1-42-27-17-14-25(15-18-27)23-40-31(19-16-24-9-3-2-4-10-24)38-39-34(40)33(29-22-36-30-13-6-5-12-28(29)30)37-32(41)21-26-11-7-8-20-35-26/h2-15,17-18,20,22,33,36H,16,19,21,23H2,1H3,(H,37,41)/t33-/m1/s1. The molecule has 0 aliphatic rings. The fourth-order valence-electron chi connectivity index (χ4n) is 5.23. The zero-order valence-corrected chi connectivity index (χ0v) is 23.4. The molecule has 3 heterocycles. The number of pyridine rings is 1. The number of para-hydroxylation sites is 1. The number of rotatable bonds is 11. The van der Waals surface area contributed by atoms with Crippen molar-refractivity contribution in [1.29, 1.82) is 0 Å². The maximum atomic E-state index is 13.5. The van der Waals surface area contributed by atoms with E-state index in [0.717, 1.165) is 40.0 Å². The minimum absolute atomic E-state index is 0.145. The Hall–Kier alpha value is -5.24. The Balaban J connectivity index is 1.40. The number of hydrogen-bond donors (Lipinski definition) is 2. The van der Waals surface area contributed by atoms with E-state index in [1.165, 1.54) is 5.56 Å². The summed E-state index contributed by atoms with van der Waals surface area (Å²) in [7, 11) is 1.66. The lowest BCUT2D eigenvalue weighted by Crippen LogP contribution is -2.33. The first kappa shape index (κ1) is 27.0. The summed E-state index contributed by atoms with van der Waals surface area (Å²) >= 11 is 0. The Kier molecular flexibility index (Phi) is 8.03. The van der Waals surface area contributed by atoms with E-state index in [0.29, 0.717) is 24.5 Å². The van der Waals surface area contributed by atoms with Crippen LogP contribution in [0.2, 0.25) is 0 Å². The number of fused-ring (bicyclic) bond motifs is 1. The van der Waals surface area contributed by atoms with Crippen LogP contribution in [0.15, 0.2) is 109 Å². The summed E-state index contributed by atoms with van der Waals surface area (Å²) < 4.78 is 7.51. The van der Waals surface area contributed by atoms with Gasteiger partial charge in [-0.2, -0.15) is 0 Å². The minimum Gasteiger partial charge on any atom is -0.497 e. The smallest absolute Gasteiger partial charge is 0.226 e. The Morgan fingerprint density at radius 1 is 0.881 bits per heavy atom. The highest BCUT2D eigenvalue weighted by atomic mass is 16.5. The maximum Gasteiger partial charge on any atom is 0.226 e. The van der Waals surface area contributed by atoms with Crippen molar-refractivity contribution in [1.82, 2.24) is 30.0 Å². The molecule has 6 aromatic rings. The second-order valence-electron chi connectivity index (χ2n) is 10.2. The first-order chi connectivity index (χ1) is 20.7. The van der Waals surface area contributed by atoms with E-state index in [9.17, 15) is 4.79 Å². The first-order valence-electron chi connectivity index (χ1n) is 14.0. The zero-order valence-electron chi connectivity index (χ0n) is 23.4. The topological polar surface area (TPSA) is 97.7 Å². The summed E-state index contributed by atoms with van der Waals surface area (Å²) in [6.07, 6.45) is 5.34. The average Bonchev–Trinajstić information content (AvgIpc) is 3.64. The molecule has 6 rings (SSSR count). The summed E-state index contributed by atoms with van der Waals surface area (Å²) in [5.74, 6) is 2.18. The van der Waals surface area contributed by atoms with Gasteiger partial charge in [0.2, 0.25) is 5.91 Å². The molecular formula is C34H32N6O2. The van der Waals surface area contributed by atoms with Crippen LogP contribution in [0.25, 0.3) is 10.9 Å². The molecule has 0 spiro atoms. The van der Waals surface area contributed by atoms with Gasteiger partial charge in [-0.05, 0) is 47.9 Å². The lowest BCUT2D eigenvalue weighted by molar-refractivity contribution is -0.121. The third-order valence-electron chi connectivity index (χ3n) is 7.40. The third kappa shape index (κ3) is 6.07. The van der Waals surface area contributed by atoms with Crippen LogP contribution in [0.3, 0.4) is 0 Å². The van der Waals surface area contributed by atoms with Gasteiger partial charge in [-0.25, -0.2) is 0 Å². The molecule has 0 aliphatic carbocycles. The number of methoxy groups -OCH3 is 1. The molecular weight excluding hydrogens is 524 g/mol. The predicted octanol–water partition coefficient (Wildman–Crippen LogP) is 5.44. The van der Waals surface area contributed by atoms with Crippen molar-refractivity contribution < 1.29 is 9.53 Å².